The molecular formula is C27H23N3O4. The van der Waals surface area contributed by atoms with Crippen LogP contribution in [0.2, 0.25) is 0 Å². The van der Waals surface area contributed by atoms with Crippen LogP contribution in [0.1, 0.15) is 0 Å². The summed E-state index contributed by atoms with van der Waals surface area (Å²) in [5, 5.41) is 3.75. The molecule has 0 fully saturated rings. The fraction of sp³-hybridized carbons (Fsp3) is 0.148. The van der Waals surface area contributed by atoms with E-state index in [4.69, 9.17) is 14.2 Å². The molecule has 0 spiro atoms. The minimum absolute atomic E-state index is 0.0763. The van der Waals surface area contributed by atoms with Crippen LogP contribution >= 0.6 is 0 Å². The highest BCUT2D eigenvalue weighted by Crippen LogP contribution is 2.38. The number of nitrogens with one attached hydrogen (secondary N) is 1. The van der Waals surface area contributed by atoms with Gasteiger partial charge in [-0.3, -0.25) is 14.8 Å². The van der Waals surface area contributed by atoms with Crippen LogP contribution in [-0.2, 0) is 4.79 Å². The van der Waals surface area contributed by atoms with Crippen LogP contribution < -0.4 is 19.5 Å². The molecule has 0 saturated heterocycles. The summed E-state index contributed by atoms with van der Waals surface area (Å²) >= 11 is 0. The number of benzene rings is 1. The topological polar surface area (TPSA) is 82.6 Å². The summed E-state index contributed by atoms with van der Waals surface area (Å²) in [6.45, 7) is 0. The number of hydrogen-bond acceptors (Lipinski definition) is 6. The molecule has 2 heterocycles. The first-order valence-electron chi connectivity index (χ1n) is 10.8. The highest BCUT2D eigenvalue weighted by molar-refractivity contribution is 5.94. The molecule has 0 radical (unpaired) electrons. The Labute approximate surface area is 197 Å². The summed E-state index contributed by atoms with van der Waals surface area (Å²) in [5.41, 5.74) is 2.41. The molecule has 3 aromatic rings. The predicted octanol–water partition coefficient (Wildman–Crippen LogP) is 4.85. The Kier molecular flexibility index (Phi) is 5.82. The first-order valence-corrected chi connectivity index (χ1v) is 10.8. The molecule has 1 amide bonds. The number of aromatic nitrogens is 2. The third-order valence-corrected chi connectivity index (χ3v) is 5.82. The van der Waals surface area contributed by atoms with E-state index in [-0.39, 0.29) is 17.7 Å². The average molecular weight is 453 g/mol. The van der Waals surface area contributed by atoms with E-state index in [1.165, 1.54) is 0 Å². The van der Waals surface area contributed by atoms with Crippen molar-refractivity contribution < 1.29 is 19.0 Å². The van der Waals surface area contributed by atoms with E-state index in [2.05, 4.69) is 15.3 Å². The van der Waals surface area contributed by atoms with Gasteiger partial charge >= 0.3 is 0 Å². The predicted molar refractivity (Wildman–Crippen MR) is 130 cm³/mol. The molecule has 170 valence electrons. The van der Waals surface area contributed by atoms with Gasteiger partial charge in [-0.1, -0.05) is 24.3 Å². The Bertz CT molecular complexity index is 1360. The van der Waals surface area contributed by atoms with E-state index < -0.39 is 0 Å². The number of hydrogen-bond donors (Lipinski definition) is 1. The minimum Gasteiger partial charge on any atom is -0.493 e. The molecule has 2 aliphatic carbocycles. The van der Waals surface area contributed by atoms with Crippen molar-refractivity contribution in [2.75, 3.05) is 19.5 Å². The molecule has 0 saturated carbocycles. The van der Waals surface area contributed by atoms with Gasteiger partial charge in [0, 0.05) is 29.8 Å². The number of amides is 1. The summed E-state index contributed by atoms with van der Waals surface area (Å²) in [6, 6.07) is 9.10. The number of allylic oxidation sites excluding steroid dienone is 6. The SMILES string of the molecule is COc1cc2nccc(OC3=CC4=CC=CC(C(=O)Nc5cccnc5)C4C=C3)c2cc1OC. The van der Waals surface area contributed by atoms with Gasteiger partial charge in [0.15, 0.2) is 11.5 Å². The van der Waals surface area contributed by atoms with Gasteiger partial charge in [0.25, 0.3) is 0 Å². The van der Waals surface area contributed by atoms with Crippen LogP contribution in [-0.4, -0.2) is 30.1 Å². The maximum Gasteiger partial charge on any atom is 0.232 e. The fourth-order valence-electron chi connectivity index (χ4n) is 4.15. The molecule has 0 aliphatic heterocycles. The zero-order valence-electron chi connectivity index (χ0n) is 18.8. The Morgan fingerprint density at radius 1 is 1.03 bits per heavy atom. The van der Waals surface area contributed by atoms with Gasteiger partial charge in [-0.25, -0.2) is 0 Å². The molecule has 2 aromatic heterocycles. The lowest BCUT2D eigenvalue weighted by molar-refractivity contribution is -0.119. The Hall–Kier alpha value is -4.39. The number of methoxy groups -OCH3 is 2. The van der Waals surface area contributed by atoms with Crippen LogP contribution in [0.25, 0.3) is 10.9 Å². The number of pyridine rings is 2. The number of ether oxygens (including phenoxy) is 3. The number of fused-ring (bicyclic) bond motifs is 2. The smallest absolute Gasteiger partial charge is 0.232 e. The Morgan fingerprint density at radius 2 is 1.88 bits per heavy atom. The standard InChI is InChI=1S/C27H23N3O4/c1-32-25-14-22-23(15-26(25)33-2)29-12-10-24(22)34-19-8-9-20-17(13-19)5-3-7-21(20)27(31)30-18-6-4-11-28-16-18/h3-16,20-21H,1-2H3,(H,30,31). The van der Waals surface area contributed by atoms with Crippen LogP contribution in [0, 0.1) is 11.8 Å². The van der Waals surface area contributed by atoms with Gasteiger partial charge in [0.2, 0.25) is 5.91 Å². The van der Waals surface area contributed by atoms with E-state index >= 15 is 0 Å². The summed E-state index contributed by atoms with van der Waals surface area (Å²) in [5.74, 6) is 2.05. The van der Waals surface area contributed by atoms with Crippen molar-refractivity contribution in [3.8, 4) is 17.2 Å². The number of carbonyl (C=O) groups excluding carboxylic acids is 1. The molecule has 2 atom stereocenters. The molecule has 2 aliphatic rings. The van der Waals surface area contributed by atoms with E-state index in [9.17, 15) is 4.79 Å². The van der Waals surface area contributed by atoms with E-state index in [1.807, 2.05) is 60.7 Å². The maximum absolute atomic E-state index is 12.9. The monoisotopic (exact) mass is 453 g/mol. The second kappa shape index (κ2) is 9.23. The van der Waals surface area contributed by atoms with Crippen molar-refractivity contribution in [1.29, 1.82) is 0 Å². The zero-order chi connectivity index (χ0) is 23.5. The first kappa shape index (κ1) is 21.5. The molecule has 7 heteroatoms. The lowest BCUT2D eigenvalue weighted by atomic mass is 9.79. The van der Waals surface area contributed by atoms with E-state index in [0.717, 1.165) is 16.5 Å². The van der Waals surface area contributed by atoms with Gasteiger partial charge in [0.05, 0.1) is 37.5 Å². The van der Waals surface area contributed by atoms with Crippen molar-refractivity contribution >= 4 is 22.5 Å². The van der Waals surface area contributed by atoms with Crippen molar-refractivity contribution in [2.45, 2.75) is 0 Å². The molecule has 7 nitrogen and oxygen atoms in total. The summed E-state index contributed by atoms with van der Waals surface area (Å²) in [7, 11) is 3.19. The lowest BCUT2D eigenvalue weighted by Gasteiger charge is -2.28. The highest BCUT2D eigenvalue weighted by Gasteiger charge is 2.30. The second-order valence-electron chi connectivity index (χ2n) is 7.88. The quantitative estimate of drug-likeness (QED) is 0.575. The van der Waals surface area contributed by atoms with Crippen molar-refractivity contribution in [3.05, 3.63) is 96.7 Å². The summed E-state index contributed by atoms with van der Waals surface area (Å²) < 4.78 is 17.1. The fourth-order valence-corrected chi connectivity index (χ4v) is 4.15. The largest absolute Gasteiger partial charge is 0.493 e. The molecular weight excluding hydrogens is 430 g/mol. The van der Waals surface area contributed by atoms with Gasteiger partial charge in [-0.15, -0.1) is 0 Å². The summed E-state index contributed by atoms with van der Waals surface area (Å²) in [6.07, 6.45) is 16.7. The third-order valence-electron chi connectivity index (χ3n) is 5.82. The zero-order valence-corrected chi connectivity index (χ0v) is 18.8. The average Bonchev–Trinajstić information content (AvgIpc) is 2.88. The lowest BCUT2D eigenvalue weighted by Crippen LogP contribution is -2.30. The van der Waals surface area contributed by atoms with Crippen molar-refractivity contribution in [3.63, 3.8) is 0 Å². The third kappa shape index (κ3) is 4.15. The van der Waals surface area contributed by atoms with Crippen molar-refractivity contribution in [1.82, 2.24) is 9.97 Å². The second-order valence-corrected chi connectivity index (χ2v) is 7.88. The number of anilines is 1. The molecule has 34 heavy (non-hydrogen) atoms. The first-order chi connectivity index (χ1) is 16.7. The normalized spacial score (nSPS) is 18.5. The number of rotatable bonds is 6. The summed E-state index contributed by atoms with van der Waals surface area (Å²) in [4.78, 5) is 21.4. The number of carbonyl (C=O) groups is 1. The molecule has 1 aromatic carbocycles. The van der Waals surface area contributed by atoms with Crippen molar-refractivity contribution in [2.24, 2.45) is 11.8 Å². The number of nitrogens with zero attached hydrogens (tertiary/aromatic N) is 2. The molecule has 1 N–H and O–H groups in total. The van der Waals surface area contributed by atoms with Crippen LogP contribution in [0.15, 0.2) is 96.7 Å². The van der Waals surface area contributed by atoms with Crippen LogP contribution in [0.4, 0.5) is 5.69 Å². The Morgan fingerprint density at radius 3 is 2.68 bits per heavy atom. The minimum atomic E-state index is -0.326. The van der Waals surface area contributed by atoms with E-state index in [1.54, 1.807) is 38.9 Å². The molecule has 5 rings (SSSR count). The van der Waals surface area contributed by atoms with Gasteiger partial charge in [-0.05, 0) is 42.0 Å². The van der Waals surface area contributed by atoms with Gasteiger partial charge in [-0.2, -0.15) is 0 Å². The molecule has 0 bridgehead atoms. The van der Waals surface area contributed by atoms with Gasteiger partial charge < -0.3 is 19.5 Å². The van der Waals surface area contributed by atoms with Gasteiger partial charge in [0.1, 0.15) is 11.5 Å². The van der Waals surface area contributed by atoms with Crippen LogP contribution in [0.5, 0.6) is 17.2 Å². The Balaban J connectivity index is 1.37. The molecule has 2 unspecified atom stereocenters. The highest BCUT2D eigenvalue weighted by atomic mass is 16.5. The maximum atomic E-state index is 12.9. The van der Waals surface area contributed by atoms with E-state index in [0.29, 0.717) is 28.7 Å². The van der Waals surface area contributed by atoms with Crippen LogP contribution in [0.3, 0.4) is 0 Å².